The van der Waals surface area contributed by atoms with Crippen LogP contribution in [0.25, 0.3) is 0 Å². The molecule has 1 atom stereocenters. The molecule has 1 aromatic carbocycles. The lowest BCUT2D eigenvalue weighted by molar-refractivity contribution is 0.287. The summed E-state index contributed by atoms with van der Waals surface area (Å²) in [5.74, 6) is 5.97. The smallest absolute Gasteiger partial charge is 0.120 e. The second-order valence-corrected chi connectivity index (χ2v) is 3.21. The summed E-state index contributed by atoms with van der Waals surface area (Å²) < 4.78 is 5.43. The van der Waals surface area contributed by atoms with Gasteiger partial charge in [0.1, 0.15) is 12.4 Å². The second kappa shape index (κ2) is 5.65. The van der Waals surface area contributed by atoms with Crippen LogP contribution in [0.2, 0.25) is 5.02 Å². The molecule has 0 radical (unpaired) electrons. The van der Waals surface area contributed by atoms with E-state index in [1.807, 2.05) is 12.1 Å². The molecule has 0 amide bonds. The van der Waals surface area contributed by atoms with E-state index in [2.05, 4.69) is 12.0 Å². The van der Waals surface area contributed by atoms with E-state index >= 15 is 0 Å². The zero-order valence-corrected chi connectivity index (χ0v) is 8.50. The van der Waals surface area contributed by atoms with Crippen LogP contribution in [0.15, 0.2) is 36.9 Å². The Bertz CT molecular complexity index is 304. The van der Waals surface area contributed by atoms with Crippen molar-refractivity contribution in [2.45, 2.75) is 6.04 Å². The summed E-state index contributed by atoms with van der Waals surface area (Å²) in [6.07, 6.45) is 1.69. The largest absolute Gasteiger partial charge is 0.492 e. The van der Waals surface area contributed by atoms with E-state index in [0.29, 0.717) is 11.6 Å². The molecule has 1 rings (SSSR count). The van der Waals surface area contributed by atoms with Crippen LogP contribution in [-0.2, 0) is 0 Å². The number of hydrogen-bond donors (Lipinski definition) is 2. The van der Waals surface area contributed by atoms with Gasteiger partial charge in [-0.25, -0.2) is 0 Å². The molecule has 3 nitrogen and oxygen atoms in total. The predicted molar refractivity (Wildman–Crippen MR) is 58.3 cm³/mol. The van der Waals surface area contributed by atoms with E-state index in [1.54, 1.807) is 18.2 Å². The highest BCUT2D eigenvalue weighted by atomic mass is 35.5. The van der Waals surface area contributed by atoms with Crippen molar-refractivity contribution in [2.75, 3.05) is 6.61 Å². The molecule has 0 aromatic heterocycles. The normalized spacial score (nSPS) is 12.1. The zero-order valence-electron chi connectivity index (χ0n) is 7.74. The van der Waals surface area contributed by atoms with Crippen molar-refractivity contribution < 1.29 is 4.74 Å². The van der Waals surface area contributed by atoms with Gasteiger partial charge in [0, 0.05) is 5.02 Å². The Balaban J connectivity index is 2.48. The Hall–Kier alpha value is -1.03. The molecule has 0 aliphatic heterocycles. The maximum absolute atomic E-state index is 5.79. The Morgan fingerprint density at radius 3 is 3.00 bits per heavy atom. The maximum Gasteiger partial charge on any atom is 0.120 e. The monoisotopic (exact) mass is 212 g/mol. The molecule has 0 bridgehead atoms. The molecule has 4 heteroatoms. The molecular weight excluding hydrogens is 200 g/mol. The first-order valence-electron chi connectivity index (χ1n) is 4.23. The third kappa shape index (κ3) is 3.38. The minimum atomic E-state index is -0.0611. The van der Waals surface area contributed by atoms with E-state index < -0.39 is 0 Å². The Labute approximate surface area is 88.5 Å². The molecule has 0 aliphatic rings. The predicted octanol–water partition coefficient (Wildman–Crippen LogP) is 1.74. The Kier molecular flexibility index (Phi) is 4.46. The molecule has 0 spiro atoms. The fourth-order valence-corrected chi connectivity index (χ4v) is 1.11. The van der Waals surface area contributed by atoms with Crippen LogP contribution in [0.5, 0.6) is 5.75 Å². The summed E-state index contributed by atoms with van der Waals surface area (Å²) in [4.78, 5) is 0. The van der Waals surface area contributed by atoms with Crippen molar-refractivity contribution in [2.24, 2.45) is 5.84 Å². The van der Waals surface area contributed by atoms with Crippen molar-refractivity contribution in [3.8, 4) is 5.75 Å². The number of nitrogens with two attached hydrogens (primary N) is 1. The number of ether oxygens (including phenoxy) is 1. The van der Waals surface area contributed by atoms with Gasteiger partial charge in [0.25, 0.3) is 0 Å². The van der Waals surface area contributed by atoms with Gasteiger partial charge in [0.15, 0.2) is 0 Å². The summed E-state index contributed by atoms with van der Waals surface area (Å²) in [5.41, 5.74) is 2.56. The van der Waals surface area contributed by atoms with Crippen molar-refractivity contribution in [3.63, 3.8) is 0 Å². The molecule has 0 aliphatic carbocycles. The number of rotatable bonds is 5. The molecule has 0 saturated heterocycles. The Morgan fingerprint density at radius 1 is 1.64 bits per heavy atom. The topological polar surface area (TPSA) is 47.3 Å². The molecule has 0 heterocycles. The molecule has 1 unspecified atom stereocenters. The van der Waals surface area contributed by atoms with Gasteiger partial charge in [-0.2, -0.15) is 0 Å². The highest BCUT2D eigenvalue weighted by Gasteiger charge is 2.01. The van der Waals surface area contributed by atoms with Crippen LogP contribution < -0.4 is 16.0 Å². The first-order chi connectivity index (χ1) is 6.76. The number of halogens is 1. The van der Waals surface area contributed by atoms with Crippen molar-refractivity contribution in [3.05, 3.63) is 41.9 Å². The van der Waals surface area contributed by atoms with Gasteiger partial charge in [0.05, 0.1) is 6.04 Å². The summed E-state index contributed by atoms with van der Waals surface area (Å²) in [7, 11) is 0. The quantitative estimate of drug-likeness (QED) is 0.444. The number of hydrogen-bond acceptors (Lipinski definition) is 3. The Morgan fingerprint density at radius 2 is 2.43 bits per heavy atom. The van der Waals surface area contributed by atoms with Crippen LogP contribution in [0.3, 0.4) is 0 Å². The van der Waals surface area contributed by atoms with E-state index in [0.717, 1.165) is 5.75 Å². The molecule has 14 heavy (non-hydrogen) atoms. The van der Waals surface area contributed by atoms with E-state index in [4.69, 9.17) is 22.2 Å². The standard InChI is InChI=1S/C10H13ClN2O/c1-2-9(13-12)7-14-10-5-3-4-8(11)6-10/h2-6,9,13H,1,7,12H2. The van der Waals surface area contributed by atoms with Gasteiger partial charge in [-0.15, -0.1) is 6.58 Å². The molecule has 1 aromatic rings. The molecular formula is C10H13ClN2O. The van der Waals surface area contributed by atoms with Gasteiger partial charge in [-0.1, -0.05) is 23.7 Å². The second-order valence-electron chi connectivity index (χ2n) is 2.78. The van der Waals surface area contributed by atoms with Gasteiger partial charge in [0.2, 0.25) is 0 Å². The number of hydrazine groups is 1. The lowest BCUT2D eigenvalue weighted by Crippen LogP contribution is -2.37. The van der Waals surface area contributed by atoms with Crippen molar-refractivity contribution in [1.29, 1.82) is 0 Å². The van der Waals surface area contributed by atoms with Crippen LogP contribution in [0, 0.1) is 0 Å². The third-order valence-electron chi connectivity index (χ3n) is 1.72. The summed E-state index contributed by atoms with van der Waals surface area (Å²) in [5, 5.41) is 0.651. The van der Waals surface area contributed by atoms with E-state index in [-0.39, 0.29) is 6.04 Å². The fraction of sp³-hybridized carbons (Fsp3) is 0.200. The summed E-state index contributed by atoms with van der Waals surface area (Å²) in [6, 6.07) is 7.15. The van der Waals surface area contributed by atoms with Gasteiger partial charge < -0.3 is 4.74 Å². The summed E-state index contributed by atoms with van der Waals surface area (Å²) >= 11 is 5.79. The molecule has 0 saturated carbocycles. The van der Waals surface area contributed by atoms with Crippen LogP contribution in [0.1, 0.15) is 0 Å². The van der Waals surface area contributed by atoms with E-state index in [9.17, 15) is 0 Å². The maximum atomic E-state index is 5.79. The lowest BCUT2D eigenvalue weighted by Gasteiger charge is -2.12. The number of nitrogens with one attached hydrogen (secondary N) is 1. The first kappa shape index (κ1) is 11.0. The average Bonchev–Trinajstić information content (AvgIpc) is 2.19. The van der Waals surface area contributed by atoms with Gasteiger partial charge in [-0.05, 0) is 18.2 Å². The molecule has 76 valence electrons. The first-order valence-corrected chi connectivity index (χ1v) is 4.61. The number of benzene rings is 1. The highest BCUT2D eigenvalue weighted by molar-refractivity contribution is 6.30. The third-order valence-corrected chi connectivity index (χ3v) is 1.96. The van der Waals surface area contributed by atoms with Crippen LogP contribution >= 0.6 is 11.6 Å². The SMILES string of the molecule is C=CC(COc1cccc(Cl)c1)NN. The van der Waals surface area contributed by atoms with E-state index in [1.165, 1.54) is 0 Å². The van der Waals surface area contributed by atoms with Crippen LogP contribution in [0.4, 0.5) is 0 Å². The summed E-state index contributed by atoms with van der Waals surface area (Å²) in [6.45, 7) is 4.04. The molecule has 0 fully saturated rings. The average molecular weight is 213 g/mol. The fourth-order valence-electron chi connectivity index (χ4n) is 0.927. The van der Waals surface area contributed by atoms with Crippen molar-refractivity contribution in [1.82, 2.24) is 5.43 Å². The minimum absolute atomic E-state index is 0.0611. The zero-order chi connectivity index (χ0) is 10.4. The lowest BCUT2D eigenvalue weighted by atomic mass is 10.3. The minimum Gasteiger partial charge on any atom is -0.492 e. The van der Waals surface area contributed by atoms with Gasteiger partial charge in [-0.3, -0.25) is 11.3 Å². The van der Waals surface area contributed by atoms with Crippen molar-refractivity contribution >= 4 is 11.6 Å². The van der Waals surface area contributed by atoms with Gasteiger partial charge >= 0.3 is 0 Å². The highest BCUT2D eigenvalue weighted by Crippen LogP contribution is 2.17. The molecule has 3 N–H and O–H groups in total. The van der Waals surface area contributed by atoms with Crippen LogP contribution in [-0.4, -0.2) is 12.6 Å².